The zero-order valence-electron chi connectivity index (χ0n) is 7.66. The Hall–Kier alpha value is -0.650. The quantitative estimate of drug-likeness (QED) is 0.560. The maximum atomic E-state index is 5.25. The summed E-state index contributed by atoms with van der Waals surface area (Å²) >= 11 is 1.62. The first-order valence-electron chi connectivity index (χ1n) is 4.41. The number of nitrogen functional groups attached to an aromatic ring is 1. The third kappa shape index (κ3) is 2.18. The van der Waals surface area contributed by atoms with Crippen molar-refractivity contribution in [3.8, 4) is 0 Å². The Labute approximate surface area is 81.7 Å². The minimum atomic E-state index is 0.791. The van der Waals surface area contributed by atoms with Crippen molar-refractivity contribution in [2.75, 3.05) is 12.5 Å². The molecule has 0 bridgehead atoms. The van der Waals surface area contributed by atoms with Crippen LogP contribution in [0.4, 0.5) is 5.13 Å². The van der Waals surface area contributed by atoms with Crippen LogP contribution in [-0.4, -0.2) is 23.0 Å². The SMILES string of the molecule is CN(Cc1cnc(NN)s1)C1CC1. The molecule has 72 valence electrons. The molecule has 0 aromatic carbocycles. The van der Waals surface area contributed by atoms with E-state index in [1.807, 2.05) is 6.20 Å². The number of rotatable bonds is 4. The van der Waals surface area contributed by atoms with Gasteiger partial charge in [-0.15, -0.1) is 0 Å². The van der Waals surface area contributed by atoms with Crippen LogP contribution in [0.5, 0.6) is 0 Å². The lowest BCUT2D eigenvalue weighted by Crippen LogP contribution is -2.19. The zero-order chi connectivity index (χ0) is 9.26. The molecule has 5 heteroatoms. The second-order valence-corrected chi connectivity index (χ2v) is 4.54. The van der Waals surface area contributed by atoms with E-state index in [4.69, 9.17) is 5.84 Å². The molecule has 0 saturated heterocycles. The predicted molar refractivity (Wildman–Crippen MR) is 54.4 cm³/mol. The fourth-order valence-electron chi connectivity index (χ4n) is 1.34. The molecule has 0 aliphatic heterocycles. The summed E-state index contributed by atoms with van der Waals surface area (Å²) in [7, 11) is 2.16. The lowest BCUT2D eigenvalue weighted by atomic mass is 10.4. The van der Waals surface area contributed by atoms with Crippen LogP contribution in [0.15, 0.2) is 6.20 Å². The van der Waals surface area contributed by atoms with Gasteiger partial charge in [-0.05, 0) is 19.9 Å². The molecule has 2 rings (SSSR count). The lowest BCUT2D eigenvalue weighted by Gasteiger charge is -2.13. The second-order valence-electron chi connectivity index (χ2n) is 3.42. The molecular formula is C8H14N4S. The molecule has 1 aromatic heterocycles. The number of hydrazine groups is 1. The van der Waals surface area contributed by atoms with Crippen molar-refractivity contribution in [3.05, 3.63) is 11.1 Å². The number of hydrogen-bond donors (Lipinski definition) is 2. The summed E-state index contributed by atoms with van der Waals surface area (Å²) in [5.74, 6) is 5.25. The molecule has 0 unspecified atom stereocenters. The topological polar surface area (TPSA) is 54.2 Å². The van der Waals surface area contributed by atoms with Gasteiger partial charge in [-0.25, -0.2) is 10.8 Å². The maximum Gasteiger partial charge on any atom is 0.197 e. The smallest absolute Gasteiger partial charge is 0.197 e. The normalized spacial score (nSPS) is 16.5. The van der Waals surface area contributed by atoms with Crippen LogP contribution >= 0.6 is 11.3 Å². The third-order valence-electron chi connectivity index (χ3n) is 2.25. The molecule has 4 nitrogen and oxygen atoms in total. The fourth-order valence-corrected chi connectivity index (χ4v) is 2.12. The van der Waals surface area contributed by atoms with Gasteiger partial charge in [0.15, 0.2) is 5.13 Å². The van der Waals surface area contributed by atoms with Gasteiger partial charge in [0, 0.05) is 23.7 Å². The molecule has 0 radical (unpaired) electrons. The molecule has 1 heterocycles. The van der Waals surface area contributed by atoms with E-state index < -0.39 is 0 Å². The number of aromatic nitrogens is 1. The average Bonchev–Trinajstić information content (AvgIpc) is 2.88. The summed E-state index contributed by atoms with van der Waals surface area (Å²) < 4.78 is 0. The third-order valence-corrected chi connectivity index (χ3v) is 3.17. The summed E-state index contributed by atoms with van der Waals surface area (Å²) in [6.07, 6.45) is 4.58. The summed E-state index contributed by atoms with van der Waals surface area (Å²) in [4.78, 5) is 7.76. The van der Waals surface area contributed by atoms with Crippen molar-refractivity contribution >= 4 is 16.5 Å². The van der Waals surface area contributed by atoms with Gasteiger partial charge in [0.05, 0.1) is 0 Å². The highest BCUT2D eigenvalue weighted by molar-refractivity contribution is 7.15. The molecular weight excluding hydrogens is 184 g/mol. The van der Waals surface area contributed by atoms with Crippen molar-refractivity contribution in [2.24, 2.45) is 5.84 Å². The minimum absolute atomic E-state index is 0.791. The Kier molecular flexibility index (Phi) is 2.48. The van der Waals surface area contributed by atoms with Gasteiger partial charge < -0.3 is 0 Å². The van der Waals surface area contributed by atoms with Crippen LogP contribution in [0.2, 0.25) is 0 Å². The highest BCUT2D eigenvalue weighted by Crippen LogP contribution is 2.28. The van der Waals surface area contributed by atoms with E-state index >= 15 is 0 Å². The predicted octanol–water partition coefficient (Wildman–Crippen LogP) is 1.02. The van der Waals surface area contributed by atoms with Crippen molar-refractivity contribution in [1.82, 2.24) is 9.88 Å². The fraction of sp³-hybridized carbons (Fsp3) is 0.625. The van der Waals surface area contributed by atoms with E-state index in [0.29, 0.717) is 0 Å². The summed E-state index contributed by atoms with van der Waals surface area (Å²) in [5, 5.41) is 0.791. The highest BCUT2D eigenvalue weighted by atomic mass is 32.1. The summed E-state index contributed by atoms with van der Waals surface area (Å²) in [5.41, 5.74) is 2.55. The Morgan fingerprint density at radius 2 is 2.54 bits per heavy atom. The molecule has 0 amide bonds. The first kappa shape index (κ1) is 8.93. The van der Waals surface area contributed by atoms with E-state index in [1.165, 1.54) is 17.7 Å². The Morgan fingerprint density at radius 3 is 3.08 bits per heavy atom. The van der Waals surface area contributed by atoms with E-state index in [-0.39, 0.29) is 0 Å². The van der Waals surface area contributed by atoms with Gasteiger partial charge in [0.25, 0.3) is 0 Å². The maximum absolute atomic E-state index is 5.25. The molecule has 3 N–H and O–H groups in total. The molecule has 0 atom stereocenters. The number of nitrogens with zero attached hydrogens (tertiary/aromatic N) is 2. The number of thiazole rings is 1. The Bertz CT molecular complexity index is 281. The zero-order valence-corrected chi connectivity index (χ0v) is 8.47. The Morgan fingerprint density at radius 1 is 1.77 bits per heavy atom. The van der Waals surface area contributed by atoms with Crippen LogP contribution in [0.3, 0.4) is 0 Å². The van der Waals surface area contributed by atoms with Crippen molar-refractivity contribution in [1.29, 1.82) is 0 Å². The second kappa shape index (κ2) is 3.61. The minimum Gasteiger partial charge on any atom is -0.300 e. The number of nitrogens with one attached hydrogen (secondary N) is 1. The number of nitrogens with two attached hydrogens (primary N) is 1. The summed E-state index contributed by atoms with van der Waals surface area (Å²) in [6, 6.07) is 0.802. The number of anilines is 1. The van der Waals surface area contributed by atoms with Crippen LogP contribution in [-0.2, 0) is 6.54 Å². The van der Waals surface area contributed by atoms with Gasteiger partial charge in [-0.1, -0.05) is 11.3 Å². The summed E-state index contributed by atoms with van der Waals surface area (Å²) in [6.45, 7) is 0.990. The molecule has 0 spiro atoms. The van der Waals surface area contributed by atoms with E-state index in [9.17, 15) is 0 Å². The van der Waals surface area contributed by atoms with Gasteiger partial charge in [0.1, 0.15) is 0 Å². The largest absolute Gasteiger partial charge is 0.300 e. The van der Waals surface area contributed by atoms with E-state index in [0.717, 1.165) is 17.7 Å². The average molecular weight is 198 g/mol. The standard InChI is InChI=1S/C8H14N4S/c1-12(6-2-3-6)5-7-4-10-8(11-9)13-7/h4,6H,2-3,5,9H2,1H3,(H,10,11). The van der Waals surface area contributed by atoms with Crippen molar-refractivity contribution in [2.45, 2.75) is 25.4 Å². The first-order valence-corrected chi connectivity index (χ1v) is 5.23. The molecule has 13 heavy (non-hydrogen) atoms. The van der Waals surface area contributed by atoms with Crippen molar-refractivity contribution < 1.29 is 0 Å². The highest BCUT2D eigenvalue weighted by Gasteiger charge is 2.26. The van der Waals surface area contributed by atoms with Crippen LogP contribution < -0.4 is 11.3 Å². The molecule has 1 aliphatic rings. The molecule has 1 aromatic rings. The molecule has 1 fully saturated rings. The molecule has 1 aliphatic carbocycles. The van der Waals surface area contributed by atoms with Crippen LogP contribution in [0.25, 0.3) is 0 Å². The van der Waals surface area contributed by atoms with Crippen LogP contribution in [0.1, 0.15) is 17.7 Å². The monoisotopic (exact) mass is 198 g/mol. The van der Waals surface area contributed by atoms with Gasteiger partial charge in [-0.3, -0.25) is 10.3 Å². The van der Waals surface area contributed by atoms with Crippen molar-refractivity contribution in [3.63, 3.8) is 0 Å². The van der Waals surface area contributed by atoms with E-state index in [1.54, 1.807) is 11.3 Å². The van der Waals surface area contributed by atoms with E-state index in [2.05, 4.69) is 22.4 Å². The lowest BCUT2D eigenvalue weighted by molar-refractivity contribution is 0.319. The van der Waals surface area contributed by atoms with Gasteiger partial charge in [-0.2, -0.15) is 0 Å². The first-order chi connectivity index (χ1) is 6.29. The van der Waals surface area contributed by atoms with Gasteiger partial charge in [0.2, 0.25) is 0 Å². The molecule has 1 saturated carbocycles. The Balaban J connectivity index is 1.92. The number of hydrogen-bond acceptors (Lipinski definition) is 5. The van der Waals surface area contributed by atoms with Gasteiger partial charge >= 0.3 is 0 Å². The van der Waals surface area contributed by atoms with Crippen LogP contribution in [0, 0.1) is 0 Å².